The van der Waals surface area contributed by atoms with Gasteiger partial charge >= 0.3 is 0 Å². The summed E-state index contributed by atoms with van der Waals surface area (Å²) in [6, 6.07) is 11.4. The summed E-state index contributed by atoms with van der Waals surface area (Å²) in [7, 11) is 4.06. The molecule has 5 unspecified atom stereocenters. The smallest absolute Gasteiger partial charge is 0.162 e. The number of rotatable bonds is 10. The average Bonchev–Trinajstić information content (AvgIpc) is 3.53. The Labute approximate surface area is 270 Å². The van der Waals surface area contributed by atoms with Gasteiger partial charge in [0.25, 0.3) is 0 Å². The fourth-order valence-corrected chi connectivity index (χ4v) is 8.78. The second-order valence-corrected chi connectivity index (χ2v) is 13.8. The molecule has 0 saturated heterocycles. The molecule has 3 saturated carbocycles. The first kappa shape index (κ1) is 30.1. The fourth-order valence-electron chi connectivity index (χ4n) is 8.78. The van der Waals surface area contributed by atoms with Crippen molar-refractivity contribution in [2.24, 2.45) is 29.1 Å². The maximum Gasteiger partial charge on any atom is 0.162 e. The number of benzene rings is 1. The Morgan fingerprint density at radius 2 is 2.04 bits per heavy atom. The van der Waals surface area contributed by atoms with Crippen LogP contribution in [0.4, 0.5) is 11.4 Å². The number of anilines is 2. The highest BCUT2D eigenvalue weighted by atomic mass is 16.5. The number of ether oxygens (including phenoxy) is 1. The Hall–Kier alpha value is -4.57. The van der Waals surface area contributed by atoms with Crippen molar-refractivity contribution in [2.75, 3.05) is 26.0 Å². The van der Waals surface area contributed by atoms with Crippen molar-refractivity contribution in [1.29, 1.82) is 10.8 Å². The molecule has 3 aliphatic rings. The number of aromatic nitrogens is 4. The molecule has 3 aromatic heterocycles. The first-order valence-corrected chi connectivity index (χ1v) is 16.2. The first-order chi connectivity index (χ1) is 22.2. The molecule has 0 spiro atoms. The Balaban J connectivity index is 0.00000386. The average molecular weight is 621 g/mol. The van der Waals surface area contributed by atoms with Crippen LogP contribution in [0.5, 0.6) is 11.5 Å². The fraction of sp³-hybridized carbons (Fsp3) is 0.417. The van der Waals surface area contributed by atoms with Crippen molar-refractivity contribution in [3.63, 3.8) is 0 Å². The summed E-state index contributed by atoms with van der Waals surface area (Å²) in [6.07, 6.45) is 14.5. The number of ketones is 1. The highest BCUT2D eigenvalue weighted by Gasteiger charge is 2.68. The number of hydrogen-bond donors (Lipinski definition) is 3. The summed E-state index contributed by atoms with van der Waals surface area (Å²) in [5.74, 6) is 3.83. The van der Waals surface area contributed by atoms with Crippen molar-refractivity contribution in [3.05, 3.63) is 84.0 Å². The van der Waals surface area contributed by atoms with E-state index in [0.29, 0.717) is 46.9 Å². The largest absolute Gasteiger partial charge is 0.457 e. The highest BCUT2D eigenvalue weighted by Crippen LogP contribution is 2.71. The highest BCUT2D eigenvalue weighted by molar-refractivity contribution is 5.96. The third kappa shape index (κ3) is 5.05. The molecule has 3 N–H and O–H groups in total. The minimum absolute atomic E-state index is 0. The molecule has 3 aliphatic carbocycles. The molecule has 2 bridgehead atoms. The zero-order chi connectivity index (χ0) is 32.2. The van der Waals surface area contributed by atoms with E-state index in [1.165, 1.54) is 4.57 Å². The Kier molecular flexibility index (Phi) is 7.63. The van der Waals surface area contributed by atoms with Gasteiger partial charge in [-0.25, -0.2) is 9.50 Å². The zero-order valence-corrected chi connectivity index (χ0v) is 26.9. The van der Waals surface area contributed by atoms with Crippen LogP contribution < -0.4 is 15.5 Å². The molecular formula is C36H44N8O2. The number of nitrogens with zero attached hydrogens (tertiary/aromatic N) is 5. The number of pyridine rings is 1. The van der Waals surface area contributed by atoms with E-state index in [1.807, 2.05) is 56.0 Å². The van der Waals surface area contributed by atoms with Crippen molar-refractivity contribution < 1.29 is 11.0 Å². The predicted octanol–water partition coefficient (Wildman–Crippen LogP) is 6.40. The number of carbonyl (C=O) groups excluding carboxylic acids is 1. The van der Waals surface area contributed by atoms with Crippen LogP contribution in [0.3, 0.4) is 0 Å². The van der Waals surface area contributed by atoms with E-state index in [-0.39, 0.29) is 12.3 Å². The van der Waals surface area contributed by atoms with E-state index >= 15 is 0 Å². The van der Waals surface area contributed by atoms with E-state index in [4.69, 9.17) is 20.5 Å². The lowest BCUT2D eigenvalue weighted by atomic mass is 9.45. The van der Waals surface area contributed by atoms with Crippen LogP contribution in [-0.2, 0) is 4.79 Å². The van der Waals surface area contributed by atoms with Crippen LogP contribution in [-0.4, -0.2) is 56.8 Å². The lowest BCUT2D eigenvalue weighted by Gasteiger charge is -2.57. The lowest BCUT2D eigenvalue weighted by Crippen LogP contribution is -2.57. The second-order valence-electron chi connectivity index (χ2n) is 13.8. The van der Waals surface area contributed by atoms with Gasteiger partial charge < -0.3 is 15.0 Å². The molecule has 10 heteroatoms. The summed E-state index contributed by atoms with van der Waals surface area (Å²) < 4.78 is 9.40. The summed E-state index contributed by atoms with van der Waals surface area (Å²) >= 11 is 0. The van der Waals surface area contributed by atoms with Gasteiger partial charge in [0.15, 0.2) is 5.78 Å². The molecule has 4 aromatic rings. The molecule has 0 aliphatic heterocycles. The Morgan fingerprint density at radius 3 is 2.80 bits per heavy atom. The van der Waals surface area contributed by atoms with Crippen molar-refractivity contribution in [1.82, 2.24) is 24.1 Å². The molecule has 7 rings (SSSR count). The molecule has 10 nitrogen and oxygen atoms in total. The van der Waals surface area contributed by atoms with Crippen LogP contribution in [0.25, 0.3) is 5.52 Å². The van der Waals surface area contributed by atoms with Crippen molar-refractivity contribution in [3.8, 4) is 11.5 Å². The maximum atomic E-state index is 13.6. The molecule has 6 atom stereocenters. The van der Waals surface area contributed by atoms with Crippen LogP contribution >= 0.6 is 0 Å². The van der Waals surface area contributed by atoms with Crippen LogP contribution in [0.2, 0.25) is 0 Å². The number of hydrogen-bond acceptors (Lipinski definition) is 8. The first-order valence-electron chi connectivity index (χ1n) is 16.2. The molecule has 46 heavy (non-hydrogen) atoms. The van der Waals surface area contributed by atoms with Gasteiger partial charge in [-0.15, -0.1) is 0 Å². The summed E-state index contributed by atoms with van der Waals surface area (Å²) in [5, 5.41) is 23.6. The minimum Gasteiger partial charge on any atom is -0.457 e. The molecule has 240 valence electrons. The monoisotopic (exact) mass is 620 g/mol. The third-order valence-corrected chi connectivity index (χ3v) is 10.9. The van der Waals surface area contributed by atoms with Gasteiger partial charge in [0.05, 0.1) is 17.7 Å². The SMILES string of the molecule is Cc1cc(Nc2ccn3ncnc(C4CC5CC6C(C4)[C@@H](C)C6(C(=O)/C=C/CN(C)C)C5)c23)ccc1Oc1ccn(C=N)c(=N)c1.[HH]. The number of aryl methyl sites for hydroxylation is 1. The molecule has 0 radical (unpaired) electrons. The standard InChI is InChI=1S/C36H42N8O2.H2/c1-22-14-26(7-8-31(22)46-27-9-12-43(20-37)33(38)18-27)41-30-10-13-44-35(30)34(39-21-40-44)25-15-24-16-29-28(17-25)23(2)36(29,19-24)32(45)6-5-11-42(3)4;/h5-10,12-14,18,20-21,23-25,28-29,37-38,41H,11,15-17,19H2,1-4H3;1H/b6-5+,37-20?,38-33?;/t23-,24?,25?,28?,29?,36?;/m1./s1. The maximum absolute atomic E-state index is 13.6. The minimum atomic E-state index is -0.175. The van der Waals surface area contributed by atoms with E-state index in [1.54, 1.807) is 24.7 Å². The van der Waals surface area contributed by atoms with Gasteiger partial charge in [-0.3, -0.25) is 20.2 Å². The van der Waals surface area contributed by atoms with Crippen LogP contribution in [0.1, 0.15) is 51.2 Å². The third-order valence-electron chi connectivity index (χ3n) is 10.9. The Morgan fingerprint density at radius 1 is 1.20 bits per heavy atom. The van der Waals surface area contributed by atoms with E-state index in [2.05, 4.69) is 34.4 Å². The molecular weight excluding hydrogens is 576 g/mol. The number of allylic oxidation sites excluding steroid dienone is 1. The summed E-state index contributed by atoms with van der Waals surface area (Å²) in [6.45, 7) is 5.10. The predicted molar refractivity (Wildman–Crippen MR) is 180 cm³/mol. The van der Waals surface area contributed by atoms with E-state index in [0.717, 1.165) is 66.7 Å². The van der Waals surface area contributed by atoms with Crippen LogP contribution in [0.15, 0.2) is 67.3 Å². The molecule has 3 heterocycles. The molecule has 3 fully saturated rings. The van der Waals surface area contributed by atoms with Crippen molar-refractivity contribution >= 4 is 29.0 Å². The number of carbonyl (C=O) groups is 1. The molecule has 0 amide bonds. The number of fused-ring (bicyclic) bond motifs is 2. The van der Waals surface area contributed by atoms with Gasteiger partial charge in [-0.1, -0.05) is 13.0 Å². The quantitative estimate of drug-likeness (QED) is 0.107. The van der Waals surface area contributed by atoms with Gasteiger partial charge in [0.2, 0.25) is 0 Å². The lowest BCUT2D eigenvalue weighted by molar-refractivity contribution is -0.153. The summed E-state index contributed by atoms with van der Waals surface area (Å²) in [4.78, 5) is 20.6. The van der Waals surface area contributed by atoms with Gasteiger partial charge in [-0.2, -0.15) is 5.10 Å². The second kappa shape index (κ2) is 11.7. The van der Waals surface area contributed by atoms with Gasteiger partial charge in [0.1, 0.15) is 28.8 Å². The van der Waals surface area contributed by atoms with E-state index < -0.39 is 0 Å². The topological polar surface area (TPSA) is 124 Å². The van der Waals surface area contributed by atoms with Crippen molar-refractivity contribution in [2.45, 2.75) is 45.4 Å². The zero-order valence-electron chi connectivity index (χ0n) is 26.9. The molecule has 1 aromatic carbocycles. The normalized spacial score (nSPS) is 26.7. The van der Waals surface area contributed by atoms with E-state index in [9.17, 15) is 4.79 Å². The number of likely N-dealkylation sites (N-methyl/N-ethyl adjacent to an activating group) is 1. The number of nitrogens with one attached hydrogen (secondary N) is 3. The van der Waals surface area contributed by atoms with Crippen LogP contribution in [0, 0.1) is 46.8 Å². The van der Waals surface area contributed by atoms with Gasteiger partial charge in [0, 0.05) is 43.5 Å². The Bertz CT molecular complexity index is 1910. The summed E-state index contributed by atoms with van der Waals surface area (Å²) in [5.41, 5.74) is 4.95. The van der Waals surface area contributed by atoms with Gasteiger partial charge in [-0.05, 0) is 112 Å².